The molecular weight excluding hydrogens is 354 g/mol. The van der Waals surface area contributed by atoms with Gasteiger partial charge >= 0.3 is 0 Å². The van der Waals surface area contributed by atoms with Crippen LogP contribution < -0.4 is 19.5 Å². The summed E-state index contributed by atoms with van der Waals surface area (Å²) in [6.45, 7) is 6.02. The van der Waals surface area contributed by atoms with Crippen molar-refractivity contribution in [3.8, 4) is 17.2 Å². The Hall–Kier alpha value is -2.69. The Morgan fingerprint density at radius 2 is 1.89 bits per heavy atom. The lowest BCUT2D eigenvalue weighted by molar-refractivity contribution is -0.128. The highest BCUT2D eigenvalue weighted by Gasteiger charge is 2.39. The second-order valence-electron chi connectivity index (χ2n) is 7.23. The number of carbonyl (C=O) groups is 1. The molecule has 3 rings (SSSR count). The number of hydrogen-bond acceptors (Lipinski definition) is 4. The van der Waals surface area contributed by atoms with E-state index < -0.39 is 6.10 Å². The number of rotatable bonds is 7. The van der Waals surface area contributed by atoms with Gasteiger partial charge in [-0.2, -0.15) is 0 Å². The molecule has 0 spiro atoms. The molecule has 150 valence electrons. The fourth-order valence-electron chi connectivity index (χ4n) is 3.65. The number of fused-ring (bicyclic) bond motifs is 1. The van der Waals surface area contributed by atoms with Crippen LogP contribution in [0.25, 0.3) is 0 Å². The van der Waals surface area contributed by atoms with Crippen molar-refractivity contribution in [3.63, 3.8) is 0 Å². The molecule has 0 bridgehead atoms. The van der Waals surface area contributed by atoms with Gasteiger partial charge in [-0.15, -0.1) is 0 Å². The maximum Gasteiger partial charge on any atom is 0.261 e. The van der Waals surface area contributed by atoms with E-state index in [0.29, 0.717) is 11.5 Å². The van der Waals surface area contributed by atoms with Gasteiger partial charge in [-0.25, -0.2) is 0 Å². The Morgan fingerprint density at radius 1 is 1.18 bits per heavy atom. The molecule has 2 atom stereocenters. The SMILES string of the molecule is CCC1(CC)C[C@@H](NC(=O)[C@@H](C)Oc2cccc(OC)c2)c2ccccc2O1. The van der Waals surface area contributed by atoms with Crippen molar-refractivity contribution < 1.29 is 19.0 Å². The third-order valence-electron chi connectivity index (χ3n) is 5.53. The summed E-state index contributed by atoms with van der Waals surface area (Å²) in [5, 5.41) is 3.17. The fourth-order valence-corrected chi connectivity index (χ4v) is 3.65. The van der Waals surface area contributed by atoms with Gasteiger partial charge in [0.1, 0.15) is 22.8 Å². The van der Waals surface area contributed by atoms with E-state index in [0.717, 1.165) is 30.6 Å². The second-order valence-corrected chi connectivity index (χ2v) is 7.23. The summed E-state index contributed by atoms with van der Waals surface area (Å²) in [6.07, 6.45) is 1.90. The summed E-state index contributed by atoms with van der Waals surface area (Å²) >= 11 is 0. The number of para-hydroxylation sites is 1. The Balaban J connectivity index is 1.74. The van der Waals surface area contributed by atoms with Crippen molar-refractivity contribution in [1.29, 1.82) is 0 Å². The van der Waals surface area contributed by atoms with Crippen LogP contribution in [0.3, 0.4) is 0 Å². The van der Waals surface area contributed by atoms with Crippen LogP contribution in [0.15, 0.2) is 48.5 Å². The topological polar surface area (TPSA) is 56.8 Å². The minimum atomic E-state index is -0.625. The first-order valence-electron chi connectivity index (χ1n) is 9.89. The number of benzene rings is 2. The van der Waals surface area contributed by atoms with E-state index in [1.165, 1.54) is 0 Å². The first-order valence-corrected chi connectivity index (χ1v) is 9.89. The van der Waals surface area contributed by atoms with Crippen molar-refractivity contribution in [2.24, 2.45) is 0 Å². The Kier molecular flexibility index (Phi) is 6.12. The van der Waals surface area contributed by atoms with Gasteiger partial charge < -0.3 is 19.5 Å². The molecule has 0 radical (unpaired) electrons. The van der Waals surface area contributed by atoms with Gasteiger partial charge in [0.25, 0.3) is 5.91 Å². The largest absolute Gasteiger partial charge is 0.497 e. The summed E-state index contributed by atoms with van der Waals surface area (Å²) < 4.78 is 17.4. The number of nitrogens with one attached hydrogen (secondary N) is 1. The summed E-state index contributed by atoms with van der Waals surface area (Å²) in [4.78, 5) is 12.9. The molecule has 0 unspecified atom stereocenters. The lowest BCUT2D eigenvalue weighted by Crippen LogP contribution is -2.46. The lowest BCUT2D eigenvalue weighted by Gasteiger charge is -2.41. The zero-order valence-corrected chi connectivity index (χ0v) is 17.0. The van der Waals surface area contributed by atoms with Crippen LogP contribution in [0.1, 0.15) is 51.6 Å². The lowest BCUT2D eigenvalue weighted by atomic mass is 9.83. The monoisotopic (exact) mass is 383 g/mol. The highest BCUT2D eigenvalue weighted by Crippen LogP contribution is 2.42. The highest BCUT2D eigenvalue weighted by molar-refractivity contribution is 5.81. The van der Waals surface area contributed by atoms with Crippen LogP contribution in [0.5, 0.6) is 17.2 Å². The minimum Gasteiger partial charge on any atom is -0.497 e. The maximum atomic E-state index is 12.9. The molecular formula is C23H29NO4. The van der Waals surface area contributed by atoms with Gasteiger partial charge in [0.2, 0.25) is 0 Å². The number of amides is 1. The van der Waals surface area contributed by atoms with Crippen LogP contribution in [0.4, 0.5) is 0 Å². The van der Waals surface area contributed by atoms with Crippen LogP contribution in [-0.2, 0) is 4.79 Å². The number of hydrogen-bond donors (Lipinski definition) is 1. The molecule has 0 saturated carbocycles. The third kappa shape index (κ3) is 4.24. The maximum absolute atomic E-state index is 12.9. The Morgan fingerprint density at radius 3 is 2.61 bits per heavy atom. The molecule has 0 fully saturated rings. The number of carbonyl (C=O) groups excluding carboxylic acids is 1. The van der Waals surface area contributed by atoms with Crippen molar-refractivity contribution in [2.75, 3.05) is 7.11 Å². The molecule has 0 aliphatic carbocycles. The molecule has 1 amide bonds. The Labute approximate surface area is 167 Å². The van der Waals surface area contributed by atoms with Crippen LogP contribution in [-0.4, -0.2) is 24.7 Å². The summed E-state index contributed by atoms with van der Waals surface area (Å²) in [5.41, 5.74) is 0.755. The molecule has 5 nitrogen and oxygen atoms in total. The number of ether oxygens (including phenoxy) is 3. The van der Waals surface area contributed by atoms with E-state index >= 15 is 0 Å². The smallest absolute Gasteiger partial charge is 0.261 e. The molecule has 1 aliphatic rings. The summed E-state index contributed by atoms with van der Waals surface area (Å²) in [6, 6.07) is 15.1. The second kappa shape index (κ2) is 8.55. The molecule has 2 aromatic carbocycles. The molecule has 5 heteroatoms. The zero-order valence-electron chi connectivity index (χ0n) is 17.0. The molecule has 2 aromatic rings. The van der Waals surface area contributed by atoms with Gasteiger partial charge in [0.15, 0.2) is 6.10 Å². The summed E-state index contributed by atoms with van der Waals surface area (Å²) in [7, 11) is 1.60. The van der Waals surface area contributed by atoms with Gasteiger partial charge in [-0.05, 0) is 38.0 Å². The molecule has 0 aromatic heterocycles. The highest BCUT2D eigenvalue weighted by atomic mass is 16.5. The average molecular weight is 383 g/mol. The van der Waals surface area contributed by atoms with E-state index in [9.17, 15) is 4.79 Å². The molecule has 1 heterocycles. The molecule has 28 heavy (non-hydrogen) atoms. The quantitative estimate of drug-likeness (QED) is 0.755. The molecule has 1 N–H and O–H groups in total. The van der Waals surface area contributed by atoms with Crippen molar-refractivity contribution in [2.45, 2.75) is 57.8 Å². The van der Waals surface area contributed by atoms with Gasteiger partial charge in [0.05, 0.1) is 13.2 Å². The van der Waals surface area contributed by atoms with Gasteiger partial charge in [-0.1, -0.05) is 38.1 Å². The fraction of sp³-hybridized carbons (Fsp3) is 0.435. The van der Waals surface area contributed by atoms with Crippen molar-refractivity contribution >= 4 is 5.91 Å². The zero-order chi connectivity index (χ0) is 20.1. The van der Waals surface area contributed by atoms with Gasteiger partial charge in [-0.3, -0.25) is 4.79 Å². The first kappa shape index (κ1) is 20.1. The standard InChI is InChI=1S/C23H29NO4/c1-5-23(6-2)15-20(19-12-7-8-13-21(19)28-23)24-22(25)16(3)27-18-11-9-10-17(14-18)26-4/h7-14,16,20H,5-6,15H2,1-4H3,(H,24,25)/t16-,20-/m1/s1. The minimum absolute atomic E-state index is 0.103. The Bertz CT molecular complexity index is 816. The van der Waals surface area contributed by atoms with E-state index in [-0.39, 0.29) is 17.6 Å². The van der Waals surface area contributed by atoms with Gasteiger partial charge in [0, 0.05) is 18.1 Å². The van der Waals surface area contributed by atoms with E-state index in [4.69, 9.17) is 14.2 Å². The third-order valence-corrected chi connectivity index (χ3v) is 5.53. The van der Waals surface area contributed by atoms with Crippen LogP contribution in [0, 0.1) is 0 Å². The predicted molar refractivity (Wildman–Crippen MR) is 109 cm³/mol. The average Bonchev–Trinajstić information content (AvgIpc) is 2.73. The van der Waals surface area contributed by atoms with E-state index in [1.54, 1.807) is 20.1 Å². The van der Waals surface area contributed by atoms with Crippen molar-refractivity contribution in [1.82, 2.24) is 5.32 Å². The summed E-state index contributed by atoms with van der Waals surface area (Å²) in [5.74, 6) is 2.00. The van der Waals surface area contributed by atoms with Crippen molar-refractivity contribution in [3.05, 3.63) is 54.1 Å². The molecule has 0 saturated heterocycles. The van der Waals surface area contributed by atoms with E-state index in [1.807, 2.05) is 42.5 Å². The predicted octanol–water partition coefficient (Wildman–Crippen LogP) is 4.66. The van der Waals surface area contributed by atoms with Crippen LogP contribution in [0.2, 0.25) is 0 Å². The van der Waals surface area contributed by atoms with E-state index in [2.05, 4.69) is 19.2 Å². The first-order chi connectivity index (χ1) is 13.5. The van der Waals surface area contributed by atoms with Crippen LogP contribution >= 0.6 is 0 Å². The number of methoxy groups -OCH3 is 1. The molecule has 1 aliphatic heterocycles. The normalized spacial score (nSPS) is 18.4.